The summed E-state index contributed by atoms with van der Waals surface area (Å²) in [5.74, 6) is 2.01. The quantitative estimate of drug-likeness (QED) is 0.371. The van der Waals surface area contributed by atoms with Gasteiger partial charge in [0.25, 0.3) is 5.91 Å². The fourth-order valence-corrected chi connectivity index (χ4v) is 3.64. The number of carbonyl (C=O) groups excluding carboxylic acids is 1. The second kappa shape index (κ2) is 9.82. The van der Waals surface area contributed by atoms with Crippen LogP contribution in [0.25, 0.3) is 17.1 Å². The van der Waals surface area contributed by atoms with Gasteiger partial charge < -0.3 is 18.8 Å². The number of amides is 1. The topological polar surface area (TPSA) is 69.7 Å². The van der Waals surface area contributed by atoms with Gasteiger partial charge in [-0.2, -0.15) is 5.10 Å². The summed E-state index contributed by atoms with van der Waals surface area (Å²) in [6, 6.07) is 16.9. The maximum Gasteiger partial charge on any atom is 0.272 e. The van der Waals surface area contributed by atoms with E-state index in [1.54, 1.807) is 44.4 Å². The standard InChI is InChI=1S/C26H26FN3O4/c1-17-5-11-23(34-17)21-16-22(30(28-21)20-9-7-19(27)8-10-20)26(31)29(2)14-13-18-6-12-24(32-3)25(15-18)33-4/h5-12,15-16H,13-14H2,1-4H3. The predicted octanol–water partition coefficient (Wildman–Crippen LogP) is 4.91. The summed E-state index contributed by atoms with van der Waals surface area (Å²) >= 11 is 0. The lowest BCUT2D eigenvalue weighted by Crippen LogP contribution is -2.30. The number of hydrogen-bond acceptors (Lipinski definition) is 5. The van der Waals surface area contributed by atoms with Crippen molar-refractivity contribution in [2.75, 3.05) is 27.8 Å². The van der Waals surface area contributed by atoms with Gasteiger partial charge in [-0.15, -0.1) is 0 Å². The normalized spacial score (nSPS) is 10.9. The van der Waals surface area contributed by atoms with E-state index >= 15 is 0 Å². The van der Waals surface area contributed by atoms with Gasteiger partial charge in [-0.3, -0.25) is 4.79 Å². The Bertz CT molecular complexity index is 1290. The highest BCUT2D eigenvalue weighted by atomic mass is 19.1. The van der Waals surface area contributed by atoms with Gasteiger partial charge in [-0.05, 0) is 67.4 Å². The largest absolute Gasteiger partial charge is 0.493 e. The number of methoxy groups -OCH3 is 2. The summed E-state index contributed by atoms with van der Waals surface area (Å²) in [7, 11) is 4.92. The van der Waals surface area contributed by atoms with E-state index in [2.05, 4.69) is 5.10 Å². The molecule has 0 aliphatic heterocycles. The van der Waals surface area contributed by atoms with Gasteiger partial charge in [0, 0.05) is 19.7 Å². The van der Waals surface area contributed by atoms with E-state index in [9.17, 15) is 9.18 Å². The molecule has 0 fully saturated rings. The Morgan fingerprint density at radius 3 is 2.41 bits per heavy atom. The zero-order valence-corrected chi connectivity index (χ0v) is 19.5. The van der Waals surface area contributed by atoms with Crippen molar-refractivity contribution in [3.63, 3.8) is 0 Å². The minimum Gasteiger partial charge on any atom is -0.493 e. The second-order valence-electron chi connectivity index (χ2n) is 7.88. The fraction of sp³-hybridized carbons (Fsp3) is 0.231. The highest BCUT2D eigenvalue weighted by Crippen LogP contribution is 2.28. The van der Waals surface area contributed by atoms with E-state index in [1.165, 1.54) is 16.8 Å². The van der Waals surface area contributed by atoms with Crippen molar-refractivity contribution >= 4 is 5.91 Å². The van der Waals surface area contributed by atoms with E-state index in [4.69, 9.17) is 13.9 Å². The van der Waals surface area contributed by atoms with E-state index in [0.717, 1.165) is 11.3 Å². The van der Waals surface area contributed by atoms with Crippen LogP contribution in [0, 0.1) is 12.7 Å². The van der Waals surface area contributed by atoms with Gasteiger partial charge in [-0.1, -0.05) is 6.07 Å². The van der Waals surface area contributed by atoms with Crippen molar-refractivity contribution in [2.45, 2.75) is 13.3 Å². The second-order valence-corrected chi connectivity index (χ2v) is 7.88. The lowest BCUT2D eigenvalue weighted by Gasteiger charge is -2.18. The third kappa shape index (κ3) is 4.80. The molecular weight excluding hydrogens is 437 g/mol. The summed E-state index contributed by atoms with van der Waals surface area (Å²) in [6.07, 6.45) is 0.623. The Balaban J connectivity index is 1.59. The highest BCUT2D eigenvalue weighted by Gasteiger charge is 2.22. The fourth-order valence-electron chi connectivity index (χ4n) is 3.64. The van der Waals surface area contributed by atoms with Crippen LogP contribution in [-0.2, 0) is 6.42 Å². The first-order valence-corrected chi connectivity index (χ1v) is 10.8. The molecule has 2 aromatic heterocycles. The minimum atomic E-state index is -0.363. The molecule has 2 heterocycles. The average Bonchev–Trinajstić information content (AvgIpc) is 3.49. The molecule has 0 unspecified atom stereocenters. The van der Waals surface area contributed by atoms with Gasteiger partial charge in [0.05, 0.1) is 19.9 Å². The molecule has 0 aliphatic carbocycles. The first-order chi connectivity index (χ1) is 16.4. The first-order valence-electron chi connectivity index (χ1n) is 10.8. The third-order valence-electron chi connectivity index (χ3n) is 5.52. The van der Waals surface area contributed by atoms with Gasteiger partial charge in [0.1, 0.15) is 23.0 Å². The zero-order chi connectivity index (χ0) is 24.2. The molecule has 34 heavy (non-hydrogen) atoms. The van der Waals surface area contributed by atoms with Crippen molar-refractivity contribution in [2.24, 2.45) is 0 Å². The summed E-state index contributed by atoms with van der Waals surface area (Å²) in [6.45, 7) is 2.31. The number of rotatable bonds is 8. The summed E-state index contributed by atoms with van der Waals surface area (Å²) in [5.41, 5.74) is 2.46. The number of carbonyl (C=O) groups is 1. The van der Waals surface area contributed by atoms with Crippen LogP contribution < -0.4 is 9.47 Å². The molecule has 2 aromatic carbocycles. The van der Waals surface area contributed by atoms with Crippen molar-refractivity contribution in [1.82, 2.24) is 14.7 Å². The Morgan fingerprint density at radius 2 is 1.76 bits per heavy atom. The molecule has 4 rings (SSSR count). The number of benzene rings is 2. The molecule has 1 amide bonds. The van der Waals surface area contributed by atoms with Crippen molar-refractivity contribution in [3.8, 4) is 28.6 Å². The minimum absolute atomic E-state index is 0.216. The van der Waals surface area contributed by atoms with Gasteiger partial charge >= 0.3 is 0 Å². The first kappa shape index (κ1) is 23.1. The summed E-state index contributed by atoms with van der Waals surface area (Å²) in [4.78, 5) is 15.0. The maximum atomic E-state index is 13.5. The molecular formula is C26H26FN3O4. The molecule has 4 aromatic rings. The molecule has 0 saturated carbocycles. The van der Waals surface area contributed by atoms with Crippen LogP contribution in [0.15, 0.2) is 65.1 Å². The van der Waals surface area contributed by atoms with Crippen LogP contribution >= 0.6 is 0 Å². The number of hydrogen-bond donors (Lipinski definition) is 0. The monoisotopic (exact) mass is 463 g/mol. The number of nitrogens with zero attached hydrogens (tertiary/aromatic N) is 3. The van der Waals surface area contributed by atoms with Crippen molar-refractivity contribution < 1.29 is 23.1 Å². The number of furan rings is 1. The predicted molar refractivity (Wildman–Crippen MR) is 126 cm³/mol. The summed E-state index contributed by atoms with van der Waals surface area (Å²) < 4.78 is 31.4. The van der Waals surface area contributed by atoms with Gasteiger partial charge in [0.15, 0.2) is 17.3 Å². The molecule has 0 aliphatic rings. The number of ether oxygens (including phenoxy) is 2. The van der Waals surface area contributed by atoms with Crippen molar-refractivity contribution in [3.05, 3.63) is 83.5 Å². The van der Waals surface area contributed by atoms with E-state index < -0.39 is 0 Å². The molecule has 7 nitrogen and oxygen atoms in total. The molecule has 0 atom stereocenters. The Labute approximate surface area is 197 Å². The van der Waals surface area contributed by atoms with E-state index in [1.807, 2.05) is 37.3 Å². The van der Waals surface area contributed by atoms with Crippen LogP contribution in [-0.4, -0.2) is 48.4 Å². The van der Waals surface area contributed by atoms with Crippen LogP contribution in [0.4, 0.5) is 4.39 Å². The molecule has 176 valence electrons. The lowest BCUT2D eigenvalue weighted by molar-refractivity contribution is 0.0787. The third-order valence-corrected chi connectivity index (χ3v) is 5.52. The van der Waals surface area contributed by atoms with Crippen LogP contribution in [0.3, 0.4) is 0 Å². The Morgan fingerprint density at radius 1 is 1.03 bits per heavy atom. The maximum absolute atomic E-state index is 13.5. The molecule has 0 radical (unpaired) electrons. The van der Waals surface area contributed by atoms with E-state index in [0.29, 0.717) is 47.3 Å². The smallest absolute Gasteiger partial charge is 0.272 e. The number of aromatic nitrogens is 2. The SMILES string of the molecule is COc1ccc(CCN(C)C(=O)c2cc(-c3ccc(C)o3)nn2-c2ccc(F)cc2)cc1OC. The molecule has 0 saturated heterocycles. The Kier molecular flexibility index (Phi) is 6.67. The zero-order valence-electron chi connectivity index (χ0n) is 19.5. The van der Waals surface area contributed by atoms with Crippen LogP contribution in [0.5, 0.6) is 11.5 Å². The lowest BCUT2D eigenvalue weighted by atomic mass is 10.1. The van der Waals surface area contributed by atoms with Gasteiger partial charge in [0.2, 0.25) is 0 Å². The van der Waals surface area contributed by atoms with Gasteiger partial charge in [-0.25, -0.2) is 9.07 Å². The number of halogens is 1. The van der Waals surface area contributed by atoms with Crippen molar-refractivity contribution in [1.29, 1.82) is 0 Å². The van der Waals surface area contributed by atoms with E-state index in [-0.39, 0.29) is 11.7 Å². The molecule has 0 N–H and O–H groups in total. The van der Waals surface area contributed by atoms with Crippen LogP contribution in [0.2, 0.25) is 0 Å². The molecule has 8 heteroatoms. The molecule has 0 spiro atoms. The average molecular weight is 464 g/mol. The van der Waals surface area contributed by atoms with Crippen LogP contribution in [0.1, 0.15) is 21.8 Å². The highest BCUT2D eigenvalue weighted by molar-refractivity contribution is 5.94. The number of likely N-dealkylation sites (N-methyl/N-ethyl adjacent to an activating group) is 1. The summed E-state index contributed by atoms with van der Waals surface area (Å²) in [5, 5.41) is 4.58. The Hall–Kier alpha value is -4.07. The number of aryl methyl sites for hydroxylation is 1. The molecule has 0 bridgehead atoms.